The van der Waals surface area contributed by atoms with Gasteiger partial charge in [-0.3, -0.25) is 4.79 Å². The number of pyridine rings is 1. The average molecular weight is 475 g/mol. The fourth-order valence-corrected chi connectivity index (χ4v) is 5.19. The predicted molar refractivity (Wildman–Crippen MR) is 117 cm³/mol. The second-order valence-corrected chi connectivity index (χ2v) is 9.50. The van der Waals surface area contributed by atoms with Gasteiger partial charge in [0.2, 0.25) is 11.9 Å². The Hall–Kier alpha value is -3.15. The van der Waals surface area contributed by atoms with Crippen molar-refractivity contribution in [3.8, 4) is 0 Å². The third kappa shape index (κ3) is 3.69. The Morgan fingerprint density at radius 3 is 2.44 bits per heavy atom. The highest BCUT2D eigenvalue weighted by molar-refractivity contribution is 5.84. The molecule has 1 saturated carbocycles. The zero-order chi connectivity index (χ0) is 23.6. The molecule has 180 valence electrons. The number of aromatic nitrogens is 3. The summed E-state index contributed by atoms with van der Waals surface area (Å²) in [7, 11) is 0. The number of fused-ring (bicyclic) bond motifs is 2. The molecule has 3 atom stereocenters. The van der Waals surface area contributed by atoms with Crippen LogP contribution in [0.2, 0.25) is 0 Å². The molecule has 2 unspecified atom stereocenters. The highest BCUT2D eigenvalue weighted by atomic mass is 19.3. The van der Waals surface area contributed by atoms with E-state index in [1.807, 2.05) is 4.90 Å². The van der Waals surface area contributed by atoms with E-state index in [1.165, 1.54) is 12.3 Å². The van der Waals surface area contributed by atoms with Crippen LogP contribution in [0.15, 0.2) is 24.5 Å². The number of amides is 1. The molecule has 0 spiro atoms. The standard InChI is InChI=1S/C22H24F3N7O2/c23-17-5-12(7-27-19(17)31-10-15(33)11-31)28-21-26-4-3-18(29-21)30-8-13-1-2-14(9-30)32(13)20(34)16-6-22(16,24)25/h3-5,7,13-16,33H,1-2,6,8-11H2,(H,26,28,29)/t13?,14?,16-/m0/s1. The van der Waals surface area contributed by atoms with Crippen LogP contribution in [0.25, 0.3) is 0 Å². The quantitative estimate of drug-likeness (QED) is 0.676. The van der Waals surface area contributed by atoms with Crippen LogP contribution in [0.1, 0.15) is 19.3 Å². The number of halogens is 3. The van der Waals surface area contributed by atoms with Crippen LogP contribution in [-0.2, 0) is 4.79 Å². The van der Waals surface area contributed by atoms with E-state index in [4.69, 9.17) is 0 Å². The molecule has 2 N–H and O–H groups in total. The summed E-state index contributed by atoms with van der Waals surface area (Å²) >= 11 is 0. The smallest absolute Gasteiger partial charge is 0.260 e. The predicted octanol–water partition coefficient (Wildman–Crippen LogP) is 1.77. The van der Waals surface area contributed by atoms with Gasteiger partial charge in [0.25, 0.3) is 5.92 Å². The van der Waals surface area contributed by atoms with Crippen molar-refractivity contribution in [3.63, 3.8) is 0 Å². The summed E-state index contributed by atoms with van der Waals surface area (Å²) in [6.45, 7) is 1.74. The first-order chi connectivity index (χ1) is 16.3. The molecule has 2 aromatic rings. The lowest BCUT2D eigenvalue weighted by Gasteiger charge is -2.41. The van der Waals surface area contributed by atoms with E-state index in [0.717, 1.165) is 12.8 Å². The first-order valence-electron chi connectivity index (χ1n) is 11.4. The largest absolute Gasteiger partial charge is 0.389 e. The van der Waals surface area contributed by atoms with Crippen molar-refractivity contribution >= 4 is 29.2 Å². The van der Waals surface area contributed by atoms with Gasteiger partial charge in [0, 0.05) is 56.9 Å². The van der Waals surface area contributed by atoms with E-state index in [-0.39, 0.29) is 30.3 Å². The van der Waals surface area contributed by atoms with E-state index in [9.17, 15) is 23.1 Å². The van der Waals surface area contributed by atoms with Crippen LogP contribution in [0.4, 0.5) is 36.4 Å². The Bertz CT molecular complexity index is 1120. The number of piperazine rings is 1. The number of carbonyl (C=O) groups is 1. The number of rotatable bonds is 5. The van der Waals surface area contributed by atoms with Crippen LogP contribution in [0.3, 0.4) is 0 Å². The number of hydrogen-bond donors (Lipinski definition) is 2. The van der Waals surface area contributed by atoms with Crippen LogP contribution >= 0.6 is 0 Å². The Labute approximate surface area is 193 Å². The molecule has 2 aromatic heterocycles. The van der Waals surface area contributed by atoms with Crippen molar-refractivity contribution in [2.75, 3.05) is 41.3 Å². The molecule has 3 aliphatic heterocycles. The molecule has 2 bridgehead atoms. The molecule has 1 aliphatic carbocycles. The maximum atomic E-state index is 14.5. The second-order valence-electron chi connectivity index (χ2n) is 9.50. The summed E-state index contributed by atoms with van der Waals surface area (Å²) in [5, 5.41) is 12.4. The summed E-state index contributed by atoms with van der Waals surface area (Å²) in [5.41, 5.74) is 0.389. The summed E-state index contributed by atoms with van der Waals surface area (Å²) < 4.78 is 41.4. The fraction of sp³-hybridized carbons (Fsp3) is 0.545. The molecule has 1 amide bonds. The number of carbonyl (C=O) groups excluding carboxylic acids is 1. The Morgan fingerprint density at radius 1 is 1.12 bits per heavy atom. The molecule has 5 heterocycles. The lowest BCUT2D eigenvalue weighted by atomic mass is 10.1. The van der Waals surface area contributed by atoms with Gasteiger partial charge < -0.3 is 25.1 Å². The highest BCUT2D eigenvalue weighted by Gasteiger charge is 2.64. The lowest BCUT2D eigenvalue weighted by molar-refractivity contribution is -0.138. The fourth-order valence-electron chi connectivity index (χ4n) is 5.19. The van der Waals surface area contributed by atoms with Gasteiger partial charge in [-0.25, -0.2) is 23.1 Å². The lowest BCUT2D eigenvalue weighted by Crippen LogP contribution is -2.56. The molecular weight excluding hydrogens is 451 g/mol. The molecular formula is C22H24F3N7O2. The maximum absolute atomic E-state index is 14.5. The Balaban J connectivity index is 1.13. The SMILES string of the molecule is O=C([C@@H]1CC1(F)F)N1C2CCC1CN(c1ccnc(Nc3cnc(N4CC(O)C4)c(F)c3)n1)C2. The molecule has 9 nitrogen and oxygen atoms in total. The van der Waals surface area contributed by atoms with Gasteiger partial charge >= 0.3 is 0 Å². The zero-order valence-corrected chi connectivity index (χ0v) is 18.2. The number of nitrogens with zero attached hydrogens (tertiary/aromatic N) is 6. The minimum absolute atomic E-state index is 0.111. The molecule has 0 radical (unpaired) electrons. The third-order valence-corrected chi connectivity index (χ3v) is 7.07. The van der Waals surface area contributed by atoms with Gasteiger partial charge in [0.1, 0.15) is 11.7 Å². The summed E-state index contributed by atoms with van der Waals surface area (Å²) in [5.74, 6) is -3.84. The number of alkyl halides is 2. The second kappa shape index (κ2) is 7.69. The highest BCUT2D eigenvalue weighted by Crippen LogP contribution is 2.51. The van der Waals surface area contributed by atoms with Crippen molar-refractivity contribution in [2.45, 2.75) is 43.4 Å². The Kier molecular flexibility index (Phi) is 4.84. The van der Waals surface area contributed by atoms with E-state index in [2.05, 4.69) is 20.3 Å². The minimum atomic E-state index is -2.86. The molecule has 4 aliphatic rings. The normalized spacial score (nSPS) is 27.5. The van der Waals surface area contributed by atoms with Gasteiger partial charge in [0.05, 0.1) is 18.0 Å². The molecule has 4 fully saturated rings. The molecule has 0 aromatic carbocycles. The number of nitrogens with one attached hydrogen (secondary N) is 1. The first-order valence-corrected chi connectivity index (χ1v) is 11.4. The summed E-state index contributed by atoms with van der Waals surface area (Å²) in [6.07, 6.45) is 3.84. The molecule has 34 heavy (non-hydrogen) atoms. The topological polar surface area (TPSA) is 97.7 Å². The molecule has 3 saturated heterocycles. The van der Waals surface area contributed by atoms with E-state index in [0.29, 0.717) is 37.7 Å². The van der Waals surface area contributed by atoms with E-state index >= 15 is 0 Å². The number of anilines is 4. The van der Waals surface area contributed by atoms with Crippen LogP contribution < -0.4 is 15.1 Å². The monoisotopic (exact) mass is 475 g/mol. The zero-order valence-electron chi connectivity index (χ0n) is 18.2. The van der Waals surface area contributed by atoms with Gasteiger partial charge in [-0.15, -0.1) is 0 Å². The van der Waals surface area contributed by atoms with Crippen LogP contribution in [0, 0.1) is 11.7 Å². The number of aliphatic hydroxyl groups excluding tert-OH is 1. The van der Waals surface area contributed by atoms with Gasteiger partial charge in [-0.05, 0) is 18.9 Å². The first kappa shape index (κ1) is 21.4. The summed E-state index contributed by atoms with van der Waals surface area (Å²) in [6, 6.07) is 2.84. The molecule has 12 heteroatoms. The third-order valence-electron chi connectivity index (χ3n) is 7.07. The average Bonchev–Trinajstić information content (AvgIpc) is 3.34. The number of hydrogen-bond acceptors (Lipinski definition) is 8. The van der Waals surface area contributed by atoms with E-state index < -0.39 is 29.7 Å². The van der Waals surface area contributed by atoms with E-state index in [1.54, 1.807) is 22.1 Å². The number of aliphatic hydroxyl groups is 1. The van der Waals surface area contributed by atoms with Gasteiger partial charge in [-0.2, -0.15) is 4.98 Å². The number of β-amino-alcohol motifs (C(OH)–C–C–N with tert-alkyl or cyclic N) is 1. The van der Waals surface area contributed by atoms with Crippen molar-refractivity contribution in [3.05, 3.63) is 30.3 Å². The Morgan fingerprint density at radius 2 is 1.82 bits per heavy atom. The van der Waals surface area contributed by atoms with Gasteiger partial charge in [0.15, 0.2) is 11.6 Å². The van der Waals surface area contributed by atoms with Crippen molar-refractivity contribution in [1.82, 2.24) is 19.9 Å². The van der Waals surface area contributed by atoms with Crippen LogP contribution in [-0.4, -0.2) is 81.2 Å². The van der Waals surface area contributed by atoms with Crippen molar-refractivity contribution in [2.24, 2.45) is 5.92 Å². The van der Waals surface area contributed by atoms with Gasteiger partial charge in [-0.1, -0.05) is 0 Å². The molecule has 6 rings (SSSR count). The summed E-state index contributed by atoms with van der Waals surface area (Å²) in [4.78, 5) is 30.9. The van der Waals surface area contributed by atoms with Crippen LogP contribution in [0.5, 0.6) is 0 Å². The van der Waals surface area contributed by atoms with Crippen molar-refractivity contribution in [1.29, 1.82) is 0 Å². The maximum Gasteiger partial charge on any atom is 0.260 e. The minimum Gasteiger partial charge on any atom is -0.389 e. The van der Waals surface area contributed by atoms with Crippen molar-refractivity contribution < 1.29 is 23.1 Å².